The maximum Gasteiger partial charge on any atom is 0.246 e. The van der Waals surface area contributed by atoms with E-state index in [2.05, 4.69) is 15.9 Å². The molecule has 1 rings (SSSR count). The van der Waals surface area contributed by atoms with Gasteiger partial charge in [0.15, 0.2) is 0 Å². The second-order valence-corrected chi connectivity index (χ2v) is 6.73. The standard InChI is InChI=1S/C14H19BrN2O2S/c1-4-17(5-2)14(19)10-16(3)13(18)9-7-11-6-8-12(15)20-11/h6-9H,4-5,10H2,1-3H3/b9-7+. The number of rotatable bonds is 6. The first-order valence-electron chi connectivity index (χ1n) is 6.44. The second kappa shape index (κ2) is 8.21. The minimum Gasteiger partial charge on any atom is -0.342 e. The van der Waals surface area contributed by atoms with Crippen molar-refractivity contribution < 1.29 is 9.59 Å². The maximum absolute atomic E-state index is 11.9. The van der Waals surface area contributed by atoms with Gasteiger partial charge in [-0.3, -0.25) is 9.59 Å². The molecule has 0 fully saturated rings. The van der Waals surface area contributed by atoms with E-state index in [9.17, 15) is 9.59 Å². The topological polar surface area (TPSA) is 40.6 Å². The third-order valence-corrected chi connectivity index (χ3v) is 4.44. The van der Waals surface area contributed by atoms with Gasteiger partial charge in [-0.2, -0.15) is 0 Å². The highest BCUT2D eigenvalue weighted by Gasteiger charge is 2.14. The molecule has 0 bridgehead atoms. The Hall–Kier alpha value is -1.14. The van der Waals surface area contributed by atoms with E-state index in [0.717, 1.165) is 8.66 Å². The van der Waals surface area contributed by atoms with Crippen molar-refractivity contribution in [2.45, 2.75) is 13.8 Å². The minimum atomic E-state index is -0.171. The zero-order valence-electron chi connectivity index (χ0n) is 11.9. The minimum absolute atomic E-state index is 0.0295. The normalized spacial score (nSPS) is 10.8. The number of carbonyl (C=O) groups excluding carboxylic acids is 2. The number of nitrogens with zero attached hydrogens (tertiary/aromatic N) is 2. The van der Waals surface area contributed by atoms with Gasteiger partial charge in [0.1, 0.15) is 0 Å². The van der Waals surface area contributed by atoms with E-state index in [0.29, 0.717) is 13.1 Å². The predicted octanol–water partition coefficient (Wildman–Crippen LogP) is 2.85. The van der Waals surface area contributed by atoms with Crippen molar-refractivity contribution >= 4 is 45.2 Å². The van der Waals surface area contributed by atoms with E-state index >= 15 is 0 Å². The summed E-state index contributed by atoms with van der Waals surface area (Å²) in [5.74, 6) is -0.201. The van der Waals surface area contributed by atoms with Gasteiger partial charge < -0.3 is 9.80 Å². The van der Waals surface area contributed by atoms with Crippen molar-refractivity contribution in [1.29, 1.82) is 0 Å². The van der Waals surface area contributed by atoms with Gasteiger partial charge in [-0.1, -0.05) is 0 Å². The van der Waals surface area contributed by atoms with Gasteiger partial charge in [0, 0.05) is 31.1 Å². The van der Waals surface area contributed by atoms with Crippen LogP contribution in [0.15, 0.2) is 22.0 Å². The largest absolute Gasteiger partial charge is 0.342 e. The Morgan fingerprint density at radius 2 is 1.95 bits per heavy atom. The first-order chi connectivity index (χ1) is 9.47. The molecule has 0 aliphatic carbocycles. The van der Waals surface area contributed by atoms with Crippen molar-refractivity contribution in [2.75, 3.05) is 26.7 Å². The zero-order valence-corrected chi connectivity index (χ0v) is 14.3. The molecule has 0 aromatic carbocycles. The van der Waals surface area contributed by atoms with Crippen molar-refractivity contribution in [1.82, 2.24) is 9.80 Å². The van der Waals surface area contributed by atoms with Crippen molar-refractivity contribution in [2.24, 2.45) is 0 Å². The molecule has 2 amide bonds. The van der Waals surface area contributed by atoms with Crippen LogP contribution in [-0.2, 0) is 9.59 Å². The summed E-state index contributed by atoms with van der Waals surface area (Å²) >= 11 is 4.92. The van der Waals surface area contributed by atoms with Crippen LogP contribution < -0.4 is 0 Å². The maximum atomic E-state index is 11.9. The number of carbonyl (C=O) groups is 2. The molecule has 0 saturated heterocycles. The Morgan fingerprint density at radius 1 is 1.30 bits per heavy atom. The molecule has 1 aromatic rings. The van der Waals surface area contributed by atoms with Crippen LogP contribution in [0, 0.1) is 0 Å². The summed E-state index contributed by atoms with van der Waals surface area (Å²) in [5, 5.41) is 0. The summed E-state index contributed by atoms with van der Waals surface area (Å²) in [4.78, 5) is 28.0. The Balaban J connectivity index is 2.54. The summed E-state index contributed by atoms with van der Waals surface area (Å²) in [6.45, 7) is 5.29. The highest BCUT2D eigenvalue weighted by molar-refractivity contribution is 9.11. The number of halogens is 1. The molecule has 0 radical (unpaired) electrons. The monoisotopic (exact) mass is 358 g/mol. The van der Waals surface area contributed by atoms with Crippen LogP contribution in [0.5, 0.6) is 0 Å². The summed E-state index contributed by atoms with van der Waals surface area (Å²) in [5.41, 5.74) is 0. The first-order valence-corrected chi connectivity index (χ1v) is 8.05. The highest BCUT2D eigenvalue weighted by atomic mass is 79.9. The zero-order chi connectivity index (χ0) is 15.1. The lowest BCUT2D eigenvalue weighted by Gasteiger charge is -2.22. The first kappa shape index (κ1) is 16.9. The molecule has 0 saturated carbocycles. The van der Waals surface area contributed by atoms with Crippen LogP contribution in [0.25, 0.3) is 6.08 Å². The smallest absolute Gasteiger partial charge is 0.246 e. The van der Waals surface area contributed by atoms with Crippen molar-refractivity contribution in [3.8, 4) is 0 Å². The Kier molecular flexibility index (Phi) is 6.95. The molecule has 0 N–H and O–H groups in total. The summed E-state index contributed by atoms with van der Waals surface area (Å²) in [6.07, 6.45) is 3.25. The van der Waals surface area contributed by atoms with Gasteiger partial charge in [0.2, 0.25) is 11.8 Å². The Bertz CT molecular complexity index is 495. The van der Waals surface area contributed by atoms with E-state index in [1.165, 1.54) is 11.0 Å². The van der Waals surface area contributed by atoms with Crippen molar-refractivity contribution in [3.05, 3.63) is 26.9 Å². The van der Waals surface area contributed by atoms with E-state index < -0.39 is 0 Å². The quantitative estimate of drug-likeness (QED) is 0.733. The van der Waals surface area contributed by atoms with Crippen molar-refractivity contribution in [3.63, 3.8) is 0 Å². The number of hydrogen-bond acceptors (Lipinski definition) is 3. The van der Waals surface area contributed by atoms with Gasteiger partial charge >= 0.3 is 0 Å². The molecule has 4 nitrogen and oxygen atoms in total. The number of thiophene rings is 1. The van der Waals surface area contributed by atoms with E-state index in [1.807, 2.05) is 26.0 Å². The lowest BCUT2D eigenvalue weighted by atomic mass is 10.3. The molecule has 1 heterocycles. The average molecular weight is 359 g/mol. The molecule has 0 atom stereocenters. The molecule has 0 unspecified atom stereocenters. The lowest BCUT2D eigenvalue weighted by Crippen LogP contribution is -2.40. The molecule has 0 spiro atoms. The van der Waals surface area contributed by atoms with Gasteiger partial charge in [-0.25, -0.2) is 0 Å². The number of hydrogen-bond donors (Lipinski definition) is 0. The number of likely N-dealkylation sites (N-methyl/N-ethyl adjacent to an activating group) is 2. The molecule has 0 aliphatic rings. The fraction of sp³-hybridized carbons (Fsp3) is 0.429. The fourth-order valence-corrected chi connectivity index (χ4v) is 2.98. The van der Waals surface area contributed by atoms with Gasteiger partial charge in [0.05, 0.1) is 10.3 Å². The van der Waals surface area contributed by atoms with Gasteiger partial charge in [-0.15, -0.1) is 11.3 Å². The van der Waals surface area contributed by atoms with Crippen LogP contribution in [0.3, 0.4) is 0 Å². The van der Waals surface area contributed by atoms with E-state index in [1.54, 1.807) is 29.4 Å². The lowest BCUT2D eigenvalue weighted by molar-refractivity contribution is -0.136. The Labute approximate surface area is 132 Å². The van der Waals surface area contributed by atoms with E-state index in [4.69, 9.17) is 0 Å². The van der Waals surface area contributed by atoms with Gasteiger partial charge in [0.25, 0.3) is 0 Å². The SMILES string of the molecule is CCN(CC)C(=O)CN(C)C(=O)/C=C/c1ccc(Br)s1. The van der Waals surface area contributed by atoms with Crippen LogP contribution in [-0.4, -0.2) is 48.3 Å². The number of amides is 2. The van der Waals surface area contributed by atoms with Crippen LogP contribution in [0.2, 0.25) is 0 Å². The summed E-state index contributed by atoms with van der Waals surface area (Å²) in [7, 11) is 1.64. The molecular weight excluding hydrogens is 340 g/mol. The highest BCUT2D eigenvalue weighted by Crippen LogP contribution is 2.22. The summed E-state index contributed by atoms with van der Waals surface area (Å²) < 4.78 is 1.02. The van der Waals surface area contributed by atoms with E-state index in [-0.39, 0.29) is 18.4 Å². The third kappa shape index (κ3) is 5.09. The third-order valence-electron chi connectivity index (χ3n) is 2.85. The molecular formula is C14H19BrN2O2S. The summed E-state index contributed by atoms with van der Waals surface area (Å²) in [6, 6.07) is 3.86. The van der Waals surface area contributed by atoms with Gasteiger partial charge in [-0.05, 0) is 48.0 Å². The average Bonchev–Trinajstić information content (AvgIpc) is 2.83. The van der Waals surface area contributed by atoms with Crippen LogP contribution >= 0.6 is 27.3 Å². The molecule has 0 aliphatic heterocycles. The van der Waals surface area contributed by atoms with Crippen LogP contribution in [0.1, 0.15) is 18.7 Å². The second-order valence-electron chi connectivity index (χ2n) is 4.24. The van der Waals surface area contributed by atoms with Crippen LogP contribution in [0.4, 0.5) is 0 Å². The predicted molar refractivity (Wildman–Crippen MR) is 86.6 cm³/mol. The Morgan fingerprint density at radius 3 is 2.45 bits per heavy atom. The molecule has 110 valence electrons. The molecule has 1 aromatic heterocycles. The fourth-order valence-electron chi connectivity index (χ4n) is 1.66. The molecule has 6 heteroatoms. The molecule has 20 heavy (non-hydrogen) atoms.